The third kappa shape index (κ3) is 3.96. The maximum Gasteiger partial charge on any atom is 0.417 e. The molecule has 0 saturated carbocycles. The van der Waals surface area contributed by atoms with Crippen LogP contribution in [0.15, 0.2) is 48.8 Å². The minimum atomic E-state index is -1.01. The first-order valence-electron chi connectivity index (χ1n) is 9.27. The molecule has 8 nitrogen and oxygen atoms in total. The molecule has 8 heteroatoms. The molecule has 1 saturated heterocycles. The number of carbonyl (C=O) groups is 3. The molecule has 0 radical (unpaired) electrons. The van der Waals surface area contributed by atoms with Crippen molar-refractivity contribution >= 4 is 18.0 Å². The lowest BCUT2D eigenvalue weighted by molar-refractivity contribution is -0.152. The van der Waals surface area contributed by atoms with E-state index < -0.39 is 23.4 Å². The van der Waals surface area contributed by atoms with Gasteiger partial charge in [0.15, 0.2) is 0 Å². The molecule has 0 bridgehead atoms. The fourth-order valence-electron chi connectivity index (χ4n) is 3.60. The third-order valence-corrected chi connectivity index (χ3v) is 5.10. The summed E-state index contributed by atoms with van der Waals surface area (Å²) in [5.41, 5.74) is 0.0244. The molecule has 1 spiro atoms. The van der Waals surface area contributed by atoms with E-state index in [-0.39, 0.29) is 12.5 Å². The molecule has 1 aromatic carbocycles. The highest BCUT2D eigenvalue weighted by Gasteiger charge is 2.54. The van der Waals surface area contributed by atoms with Crippen molar-refractivity contribution in [2.75, 3.05) is 27.4 Å². The van der Waals surface area contributed by atoms with Crippen LogP contribution in [-0.4, -0.2) is 55.1 Å². The van der Waals surface area contributed by atoms with Crippen LogP contribution in [0.4, 0.5) is 4.79 Å². The maximum absolute atomic E-state index is 13.1. The van der Waals surface area contributed by atoms with E-state index in [1.165, 1.54) is 24.4 Å². The molecule has 1 unspecified atom stereocenters. The summed E-state index contributed by atoms with van der Waals surface area (Å²) in [6.45, 7) is 2.61. The van der Waals surface area contributed by atoms with Crippen LogP contribution in [-0.2, 0) is 25.6 Å². The van der Waals surface area contributed by atoms with Crippen molar-refractivity contribution in [3.05, 3.63) is 54.4 Å². The highest BCUT2D eigenvalue weighted by Crippen LogP contribution is 2.43. The maximum atomic E-state index is 13.1. The Morgan fingerprint density at radius 1 is 1.14 bits per heavy atom. The van der Waals surface area contributed by atoms with Crippen molar-refractivity contribution in [3.63, 3.8) is 0 Å². The van der Waals surface area contributed by atoms with Crippen LogP contribution >= 0.6 is 0 Å². The molecule has 0 N–H and O–H groups in total. The topological polar surface area (TPSA) is 85.4 Å². The van der Waals surface area contributed by atoms with Crippen LogP contribution in [0.5, 0.6) is 5.75 Å². The summed E-state index contributed by atoms with van der Waals surface area (Å²) < 4.78 is 15.0. The van der Waals surface area contributed by atoms with Crippen LogP contribution in [0.1, 0.15) is 12.5 Å². The Bertz CT molecular complexity index is 831. The number of ether oxygens (including phenoxy) is 3. The number of amides is 2. The molecule has 0 aliphatic carbocycles. The normalized spacial score (nSPS) is 19.6. The molecular weight excluding hydrogens is 376 g/mol. The van der Waals surface area contributed by atoms with Crippen LogP contribution in [0.3, 0.4) is 0 Å². The van der Waals surface area contributed by atoms with Crippen molar-refractivity contribution in [1.82, 2.24) is 9.80 Å². The van der Waals surface area contributed by atoms with E-state index in [0.717, 1.165) is 11.3 Å². The molecule has 3 rings (SSSR count). The Hall–Kier alpha value is -3.29. The van der Waals surface area contributed by atoms with Crippen molar-refractivity contribution in [1.29, 1.82) is 0 Å². The number of methoxy groups -OCH3 is 2. The number of nitrogens with zero attached hydrogens (tertiary/aromatic N) is 2. The second kappa shape index (κ2) is 8.38. The van der Waals surface area contributed by atoms with E-state index in [2.05, 4.69) is 0 Å². The van der Waals surface area contributed by atoms with Gasteiger partial charge in [-0.05, 0) is 24.6 Å². The number of benzene rings is 1. The lowest BCUT2D eigenvalue weighted by Crippen LogP contribution is -2.37. The summed E-state index contributed by atoms with van der Waals surface area (Å²) in [5, 5.41) is 0. The number of carbonyl (C=O) groups excluding carboxylic acids is 3. The molecular formula is C21H24N2O6. The minimum Gasteiger partial charge on any atom is -0.497 e. The van der Waals surface area contributed by atoms with Crippen molar-refractivity contribution in [2.24, 2.45) is 11.3 Å². The fourth-order valence-corrected chi connectivity index (χ4v) is 3.60. The third-order valence-electron chi connectivity index (χ3n) is 5.10. The molecule has 1 atom stereocenters. The number of hydrogen-bond acceptors (Lipinski definition) is 6. The fraction of sp³-hybridized carbons (Fsp3) is 0.381. The van der Waals surface area contributed by atoms with Crippen LogP contribution in [0.25, 0.3) is 0 Å². The smallest absolute Gasteiger partial charge is 0.417 e. The van der Waals surface area contributed by atoms with E-state index >= 15 is 0 Å². The molecule has 2 amide bonds. The summed E-state index contributed by atoms with van der Waals surface area (Å²) in [6, 6.07) is 7.39. The first-order valence-corrected chi connectivity index (χ1v) is 9.27. The number of likely N-dealkylation sites (tertiary alicyclic amines) is 1. The van der Waals surface area contributed by atoms with Crippen LogP contribution in [0.2, 0.25) is 0 Å². The van der Waals surface area contributed by atoms with E-state index in [4.69, 9.17) is 14.2 Å². The lowest BCUT2D eigenvalue weighted by Gasteiger charge is -2.30. The monoisotopic (exact) mass is 400 g/mol. The Morgan fingerprint density at radius 2 is 1.79 bits per heavy atom. The summed E-state index contributed by atoms with van der Waals surface area (Å²) >= 11 is 0. The van der Waals surface area contributed by atoms with Crippen molar-refractivity contribution in [2.45, 2.75) is 13.5 Å². The predicted molar refractivity (Wildman–Crippen MR) is 103 cm³/mol. The predicted octanol–water partition coefficient (Wildman–Crippen LogP) is 2.31. The average Bonchev–Trinajstić information content (AvgIpc) is 2.99. The van der Waals surface area contributed by atoms with Crippen molar-refractivity contribution in [3.8, 4) is 5.75 Å². The number of rotatable bonds is 5. The summed E-state index contributed by atoms with van der Waals surface area (Å²) in [6.07, 6.45) is 5.91. The standard InChI is InChI=1S/C21H24N2O6/c1-4-29-20(26)22-11-9-21(10-12-22)14-23(18(24)17(21)19(25)28-3)13-15-5-7-16(27-2)8-6-15/h5-12,17H,4,13-14H2,1-3H3. The van der Waals surface area contributed by atoms with Gasteiger partial charge in [0.1, 0.15) is 11.7 Å². The van der Waals surface area contributed by atoms with Crippen LogP contribution in [0, 0.1) is 11.3 Å². The zero-order valence-corrected chi connectivity index (χ0v) is 16.7. The quantitative estimate of drug-likeness (QED) is 0.557. The van der Waals surface area contributed by atoms with Gasteiger partial charge >= 0.3 is 12.1 Å². The highest BCUT2D eigenvalue weighted by atomic mass is 16.6. The summed E-state index contributed by atoms with van der Waals surface area (Å²) in [7, 11) is 2.85. The molecule has 1 aromatic rings. The van der Waals surface area contributed by atoms with Gasteiger partial charge in [-0.3, -0.25) is 14.5 Å². The Kier molecular flexibility index (Phi) is 5.91. The molecule has 0 aromatic heterocycles. The first kappa shape index (κ1) is 20.4. The van der Waals surface area contributed by atoms with E-state index in [9.17, 15) is 14.4 Å². The van der Waals surface area contributed by atoms with Gasteiger partial charge in [-0.15, -0.1) is 0 Å². The van der Waals surface area contributed by atoms with E-state index in [1.807, 2.05) is 24.3 Å². The van der Waals surface area contributed by atoms with Gasteiger partial charge in [-0.25, -0.2) is 4.79 Å². The second-order valence-corrected chi connectivity index (χ2v) is 6.85. The number of esters is 1. The Balaban J connectivity index is 1.84. The first-order chi connectivity index (χ1) is 13.9. The average molecular weight is 400 g/mol. The lowest BCUT2D eigenvalue weighted by atomic mass is 9.76. The molecule has 2 aliphatic rings. The molecule has 29 heavy (non-hydrogen) atoms. The summed E-state index contributed by atoms with van der Waals surface area (Å²) in [5.74, 6) is -1.21. The van der Waals surface area contributed by atoms with Crippen molar-refractivity contribution < 1.29 is 28.6 Å². The molecule has 2 heterocycles. The van der Waals surface area contributed by atoms with Gasteiger partial charge in [-0.2, -0.15) is 0 Å². The second-order valence-electron chi connectivity index (χ2n) is 6.85. The van der Waals surface area contributed by atoms with Gasteiger partial charge < -0.3 is 19.1 Å². The van der Waals surface area contributed by atoms with E-state index in [1.54, 1.807) is 31.1 Å². The largest absolute Gasteiger partial charge is 0.497 e. The molecule has 1 fully saturated rings. The SMILES string of the molecule is CCOC(=O)N1C=CC2(C=C1)CN(Cc1ccc(OC)cc1)C(=O)C2C(=O)OC. The summed E-state index contributed by atoms with van der Waals surface area (Å²) in [4.78, 5) is 40.3. The Labute approximate surface area is 169 Å². The highest BCUT2D eigenvalue weighted by molar-refractivity contribution is 6.01. The zero-order chi connectivity index (χ0) is 21.0. The van der Waals surface area contributed by atoms with Gasteiger partial charge in [-0.1, -0.05) is 24.3 Å². The van der Waals surface area contributed by atoms with Crippen LogP contribution < -0.4 is 4.74 Å². The van der Waals surface area contributed by atoms with Gasteiger partial charge in [0.05, 0.1) is 20.8 Å². The van der Waals surface area contributed by atoms with E-state index in [0.29, 0.717) is 13.1 Å². The Morgan fingerprint density at radius 3 is 2.34 bits per heavy atom. The zero-order valence-electron chi connectivity index (χ0n) is 16.7. The molecule has 2 aliphatic heterocycles. The van der Waals surface area contributed by atoms with Gasteiger partial charge in [0.25, 0.3) is 0 Å². The molecule has 154 valence electrons. The minimum absolute atomic E-state index is 0.251. The van der Waals surface area contributed by atoms with Gasteiger partial charge in [0, 0.05) is 30.9 Å². The van der Waals surface area contributed by atoms with Gasteiger partial charge in [0.2, 0.25) is 5.91 Å². The number of hydrogen-bond donors (Lipinski definition) is 0.